The molecular formula is C12H12. The van der Waals surface area contributed by atoms with Crippen LogP contribution in [0.5, 0.6) is 0 Å². The van der Waals surface area contributed by atoms with Crippen LogP contribution in [0.4, 0.5) is 0 Å². The molecule has 6 atom stereocenters. The van der Waals surface area contributed by atoms with Crippen LogP contribution in [0, 0.1) is 46.8 Å². The fourth-order valence-corrected chi connectivity index (χ4v) is 4.06. The molecule has 0 saturated heterocycles. The Balaban J connectivity index is 1.86. The lowest BCUT2D eigenvalue weighted by Crippen LogP contribution is -2.57. The summed E-state index contributed by atoms with van der Waals surface area (Å²) in [6.45, 7) is 2.47. The maximum Gasteiger partial charge on any atom is 0.0406 e. The van der Waals surface area contributed by atoms with Crippen LogP contribution in [0.2, 0.25) is 0 Å². The Morgan fingerprint density at radius 3 is 2.83 bits per heavy atom. The van der Waals surface area contributed by atoms with Gasteiger partial charge in [0.1, 0.15) is 0 Å². The van der Waals surface area contributed by atoms with Crippen molar-refractivity contribution >= 4 is 0 Å². The summed E-state index contributed by atoms with van der Waals surface area (Å²) in [5, 5.41) is 0. The van der Waals surface area contributed by atoms with Crippen molar-refractivity contribution in [2.75, 3.05) is 0 Å². The second-order valence-electron chi connectivity index (χ2n) is 5.07. The predicted octanol–water partition coefficient (Wildman–Crippen LogP) is 2.08. The van der Waals surface area contributed by atoms with Crippen LogP contribution in [0.1, 0.15) is 13.3 Å². The molecule has 0 heterocycles. The number of hydrogen-bond acceptors (Lipinski definition) is 0. The second kappa shape index (κ2) is 1.39. The molecule has 12 heavy (non-hydrogen) atoms. The van der Waals surface area contributed by atoms with Crippen molar-refractivity contribution in [2.45, 2.75) is 13.3 Å². The largest absolute Gasteiger partial charge is 0.0979 e. The van der Waals surface area contributed by atoms with E-state index in [0.717, 1.165) is 29.6 Å². The molecule has 60 valence electrons. The molecule has 0 heteroatoms. The quantitative estimate of drug-likeness (QED) is 0.372. The number of fused-ring (bicyclic) bond motifs is 6. The molecule has 4 aliphatic carbocycles. The van der Waals surface area contributed by atoms with Crippen LogP contribution < -0.4 is 0 Å². The lowest BCUT2D eigenvalue weighted by atomic mass is 9.43. The van der Waals surface area contributed by atoms with E-state index in [1.807, 2.05) is 0 Å². The Kier molecular flexibility index (Phi) is 0.680. The van der Waals surface area contributed by atoms with E-state index < -0.39 is 0 Å². The Hall–Kier alpha value is -0.700. The van der Waals surface area contributed by atoms with Gasteiger partial charge >= 0.3 is 0 Å². The molecule has 0 nitrogen and oxygen atoms in total. The second-order valence-corrected chi connectivity index (χ2v) is 5.07. The van der Waals surface area contributed by atoms with Gasteiger partial charge < -0.3 is 0 Å². The van der Waals surface area contributed by atoms with Gasteiger partial charge in [-0.1, -0.05) is 30.9 Å². The zero-order chi connectivity index (χ0) is 7.92. The summed E-state index contributed by atoms with van der Waals surface area (Å²) in [5.41, 5.74) is 0.606. The Bertz CT molecular complexity index is 354. The van der Waals surface area contributed by atoms with Crippen LogP contribution in [0.15, 0.2) is 12.2 Å². The highest BCUT2D eigenvalue weighted by molar-refractivity contribution is 5.41. The Morgan fingerprint density at radius 2 is 2.25 bits per heavy atom. The van der Waals surface area contributed by atoms with Gasteiger partial charge in [0.2, 0.25) is 0 Å². The van der Waals surface area contributed by atoms with Crippen LogP contribution in [0.3, 0.4) is 0 Å². The highest BCUT2D eigenvalue weighted by Crippen LogP contribution is 2.72. The summed E-state index contributed by atoms with van der Waals surface area (Å²) in [6, 6.07) is 0. The van der Waals surface area contributed by atoms with E-state index in [9.17, 15) is 0 Å². The minimum absolute atomic E-state index is 0.606. The molecule has 0 aromatic heterocycles. The molecule has 0 aromatic rings. The van der Waals surface area contributed by atoms with Gasteiger partial charge in [-0.25, -0.2) is 0 Å². The van der Waals surface area contributed by atoms with Gasteiger partial charge in [0, 0.05) is 11.8 Å². The summed E-state index contributed by atoms with van der Waals surface area (Å²) < 4.78 is 0. The minimum Gasteiger partial charge on any atom is -0.0979 e. The molecule has 4 rings (SSSR count). The van der Waals surface area contributed by atoms with Gasteiger partial charge in [0.05, 0.1) is 0 Å². The number of allylic oxidation sites excluding steroid dienone is 2. The van der Waals surface area contributed by atoms with Crippen molar-refractivity contribution in [3.63, 3.8) is 0 Å². The smallest absolute Gasteiger partial charge is 0.0406 e. The van der Waals surface area contributed by atoms with Crippen LogP contribution in [-0.2, 0) is 0 Å². The van der Waals surface area contributed by atoms with Crippen molar-refractivity contribution in [1.29, 1.82) is 0 Å². The number of rotatable bonds is 0. The van der Waals surface area contributed by atoms with Crippen molar-refractivity contribution in [1.82, 2.24) is 0 Å². The first-order valence-corrected chi connectivity index (χ1v) is 5.01. The molecule has 0 N–H and O–H groups in total. The summed E-state index contributed by atoms with van der Waals surface area (Å²) in [5.74, 6) is 11.1. The van der Waals surface area contributed by atoms with E-state index in [1.54, 1.807) is 0 Å². The maximum absolute atomic E-state index is 3.36. The molecule has 2 saturated carbocycles. The highest BCUT2D eigenvalue weighted by Gasteiger charge is 2.69. The lowest BCUT2D eigenvalue weighted by Gasteiger charge is -2.59. The zero-order valence-electron chi connectivity index (χ0n) is 7.25. The third-order valence-electron chi connectivity index (χ3n) is 4.94. The van der Waals surface area contributed by atoms with Crippen molar-refractivity contribution in [3.05, 3.63) is 12.2 Å². The Morgan fingerprint density at radius 1 is 1.33 bits per heavy atom. The fraction of sp³-hybridized carbons (Fsp3) is 0.667. The first-order valence-electron chi connectivity index (χ1n) is 5.01. The molecular weight excluding hydrogens is 144 g/mol. The van der Waals surface area contributed by atoms with E-state index in [4.69, 9.17) is 0 Å². The topological polar surface area (TPSA) is 0 Å². The molecule has 2 fully saturated rings. The van der Waals surface area contributed by atoms with E-state index in [0.29, 0.717) is 5.41 Å². The Labute approximate surface area is 73.0 Å². The summed E-state index contributed by atoms with van der Waals surface area (Å²) in [4.78, 5) is 0. The van der Waals surface area contributed by atoms with Gasteiger partial charge in [0.25, 0.3) is 0 Å². The third kappa shape index (κ3) is 0.342. The molecule has 0 aliphatic heterocycles. The molecule has 4 aliphatic rings. The third-order valence-corrected chi connectivity index (χ3v) is 4.94. The fourth-order valence-electron chi connectivity index (χ4n) is 4.06. The average molecular weight is 156 g/mol. The van der Waals surface area contributed by atoms with Gasteiger partial charge in [0.15, 0.2) is 0 Å². The normalized spacial score (nSPS) is 67.2. The summed E-state index contributed by atoms with van der Waals surface area (Å²) in [7, 11) is 0. The van der Waals surface area contributed by atoms with E-state index >= 15 is 0 Å². The lowest BCUT2D eigenvalue weighted by molar-refractivity contribution is -0.0548. The van der Waals surface area contributed by atoms with Crippen LogP contribution >= 0.6 is 0 Å². The summed E-state index contributed by atoms with van der Waals surface area (Å²) >= 11 is 0. The van der Waals surface area contributed by atoms with E-state index in [2.05, 4.69) is 30.9 Å². The van der Waals surface area contributed by atoms with Gasteiger partial charge in [-0.15, -0.1) is 0 Å². The maximum atomic E-state index is 3.36. The van der Waals surface area contributed by atoms with Crippen molar-refractivity contribution in [3.8, 4) is 11.8 Å². The SMILES string of the molecule is CC12C3C=CC3CC1C1C#C[C@@H]12. The van der Waals surface area contributed by atoms with Crippen LogP contribution in [-0.4, -0.2) is 0 Å². The van der Waals surface area contributed by atoms with E-state index in [-0.39, 0.29) is 0 Å². The van der Waals surface area contributed by atoms with Gasteiger partial charge in [-0.2, -0.15) is 0 Å². The highest BCUT2D eigenvalue weighted by atomic mass is 14.7. The first-order chi connectivity index (χ1) is 5.82. The van der Waals surface area contributed by atoms with Crippen molar-refractivity contribution in [2.24, 2.45) is 35.0 Å². The molecule has 0 aromatic carbocycles. The minimum atomic E-state index is 0.606. The monoisotopic (exact) mass is 156 g/mol. The standard InChI is InChI=1S/C12H12/c1-12-9-4-2-7(9)6-11(12)8-3-5-10(8)12/h2,4,7-11H,6H2,1H3/t7?,8?,9?,10-,11?,12?/m0/s1. The molecule has 0 radical (unpaired) electrons. The molecule has 0 amide bonds. The molecule has 5 unspecified atom stereocenters. The van der Waals surface area contributed by atoms with E-state index in [1.165, 1.54) is 6.42 Å². The van der Waals surface area contributed by atoms with Gasteiger partial charge in [-0.3, -0.25) is 0 Å². The number of hydrogen-bond donors (Lipinski definition) is 0. The molecule has 0 spiro atoms. The predicted molar refractivity (Wildman–Crippen MR) is 47.1 cm³/mol. The zero-order valence-corrected chi connectivity index (χ0v) is 7.25. The van der Waals surface area contributed by atoms with Gasteiger partial charge in [-0.05, 0) is 29.6 Å². The van der Waals surface area contributed by atoms with Crippen LogP contribution in [0.25, 0.3) is 0 Å². The molecule has 0 bridgehead atoms. The summed E-state index contributed by atoms with van der Waals surface area (Å²) in [6.07, 6.45) is 6.28. The average Bonchev–Trinajstić information content (AvgIpc) is 2.04. The van der Waals surface area contributed by atoms with Crippen molar-refractivity contribution < 1.29 is 0 Å². The first kappa shape index (κ1) is 5.86.